The highest BCUT2D eigenvalue weighted by Crippen LogP contribution is 2.16. The smallest absolute Gasteiger partial charge is 0.434 e. The van der Waals surface area contributed by atoms with E-state index in [9.17, 15) is 9.59 Å². The molecule has 0 atom stereocenters. The molecule has 0 radical (unpaired) electrons. The van der Waals surface area contributed by atoms with Crippen LogP contribution < -0.4 is 15.4 Å². The number of hydrogen-bond acceptors (Lipinski definition) is 4. The average molecular weight is 280 g/mol. The van der Waals surface area contributed by atoms with Crippen LogP contribution in [0, 0.1) is 5.92 Å². The molecule has 1 rings (SSSR count). The van der Waals surface area contributed by atoms with Gasteiger partial charge in [-0.25, -0.2) is 9.59 Å². The Morgan fingerprint density at radius 3 is 2.40 bits per heavy atom. The lowest BCUT2D eigenvalue weighted by molar-refractivity contribution is 0.104. The molecule has 0 spiro atoms. The highest BCUT2D eigenvalue weighted by molar-refractivity contribution is 5.89. The van der Waals surface area contributed by atoms with Gasteiger partial charge >= 0.3 is 12.2 Å². The van der Waals surface area contributed by atoms with E-state index < -0.39 is 6.16 Å². The van der Waals surface area contributed by atoms with Crippen molar-refractivity contribution in [3.05, 3.63) is 24.3 Å². The molecule has 1 aromatic carbocycles. The molecule has 110 valence electrons. The second-order valence-corrected chi connectivity index (χ2v) is 4.54. The molecule has 0 aliphatic rings. The number of carbonyl (C=O) groups excluding carboxylic acids is 2. The summed E-state index contributed by atoms with van der Waals surface area (Å²) in [7, 11) is 0. The van der Waals surface area contributed by atoms with Crippen LogP contribution in [0.2, 0.25) is 0 Å². The van der Waals surface area contributed by atoms with Crippen molar-refractivity contribution in [1.29, 1.82) is 0 Å². The molecule has 2 amide bonds. The third-order valence-electron chi connectivity index (χ3n) is 2.25. The minimum absolute atomic E-state index is 0.258. The van der Waals surface area contributed by atoms with Crippen molar-refractivity contribution in [3.63, 3.8) is 0 Å². The van der Waals surface area contributed by atoms with Crippen LogP contribution in [0.3, 0.4) is 0 Å². The molecule has 6 heteroatoms. The number of ether oxygens (including phenoxy) is 2. The van der Waals surface area contributed by atoms with Crippen LogP contribution in [0.15, 0.2) is 24.3 Å². The Hall–Kier alpha value is -2.24. The van der Waals surface area contributed by atoms with Gasteiger partial charge in [0.25, 0.3) is 0 Å². The van der Waals surface area contributed by atoms with E-state index in [1.165, 1.54) is 0 Å². The van der Waals surface area contributed by atoms with Crippen molar-refractivity contribution >= 4 is 17.9 Å². The van der Waals surface area contributed by atoms with Crippen molar-refractivity contribution in [1.82, 2.24) is 5.32 Å². The zero-order valence-corrected chi connectivity index (χ0v) is 11.9. The van der Waals surface area contributed by atoms with E-state index in [4.69, 9.17) is 4.74 Å². The van der Waals surface area contributed by atoms with Gasteiger partial charge in [-0.1, -0.05) is 13.8 Å². The van der Waals surface area contributed by atoms with E-state index in [1.54, 1.807) is 31.2 Å². The molecule has 0 saturated carbocycles. The Morgan fingerprint density at radius 2 is 1.85 bits per heavy atom. The van der Waals surface area contributed by atoms with E-state index in [1.807, 2.05) is 13.8 Å². The maximum atomic E-state index is 11.5. The van der Waals surface area contributed by atoms with Crippen molar-refractivity contribution in [2.45, 2.75) is 20.8 Å². The van der Waals surface area contributed by atoms with Crippen LogP contribution in [0.4, 0.5) is 15.3 Å². The van der Waals surface area contributed by atoms with Crippen molar-refractivity contribution in [3.8, 4) is 5.75 Å². The Balaban J connectivity index is 2.46. The lowest BCUT2D eigenvalue weighted by Crippen LogP contribution is -2.31. The molecular weight excluding hydrogens is 260 g/mol. The number of amides is 2. The maximum absolute atomic E-state index is 11.5. The number of hydrogen-bond donors (Lipinski definition) is 2. The van der Waals surface area contributed by atoms with Gasteiger partial charge in [-0.2, -0.15) is 0 Å². The van der Waals surface area contributed by atoms with Crippen LogP contribution in [0.5, 0.6) is 5.75 Å². The van der Waals surface area contributed by atoms with Crippen molar-refractivity contribution in [2.24, 2.45) is 5.92 Å². The molecule has 0 unspecified atom stereocenters. The van der Waals surface area contributed by atoms with Gasteiger partial charge in [0.05, 0.1) is 6.61 Å². The Labute approximate surface area is 118 Å². The summed E-state index contributed by atoms with van der Waals surface area (Å²) in [4.78, 5) is 22.6. The molecule has 0 bridgehead atoms. The summed E-state index contributed by atoms with van der Waals surface area (Å²) in [6, 6.07) is 6.18. The highest BCUT2D eigenvalue weighted by atomic mass is 16.7. The minimum Gasteiger partial charge on any atom is -0.434 e. The molecule has 0 fully saturated rings. The Bertz CT molecular complexity index is 443. The van der Waals surface area contributed by atoms with Gasteiger partial charge in [-0.3, -0.25) is 0 Å². The number of rotatable bonds is 5. The third-order valence-corrected chi connectivity index (χ3v) is 2.25. The fourth-order valence-corrected chi connectivity index (χ4v) is 1.32. The second kappa shape index (κ2) is 8.04. The van der Waals surface area contributed by atoms with E-state index >= 15 is 0 Å². The van der Waals surface area contributed by atoms with Gasteiger partial charge in [0.15, 0.2) is 0 Å². The zero-order valence-electron chi connectivity index (χ0n) is 11.9. The molecule has 0 heterocycles. The molecule has 0 aliphatic heterocycles. The fraction of sp³-hybridized carbons (Fsp3) is 0.429. The third kappa shape index (κ3) is 6.08. The lowest BCUT2D eigenvalue weighted by atomic mass is 10.2. The number of carbonyl (C=O) groups is 2. The summed E-state index contributed by atoms with van der Waals surface area (Å²) in [6.45, 7) is 6.60. The van der Waals surface area contributed by atoms with Crippen LogP contribution in [-0.4, -0.2) is 25.3 Å². The monoisotopic (exact) mass is 280 g/mol. The summed E-state index contributed by atoms with van der Waals surface area (Å²) < 4.78 is 9.56. The first-order valence-corrected chi connectivity index (χ1v) is 6.50. The summed E-state index contributed by atoms with van der Waals surface area (Å²) in [5.74, 6) is 0.748. The molecule has 0 aliphatic carbocycles. The fourth-order valence-electron chi connectivity index (χ4n) is 1.32. The highest BCUT2D eigenvalue weighted by Gasteiger charge is 2.06. The van der Waals surface area contributed by atoms with Gasteiger partial charge in [-0.15, -0.1) is 0 Å². The number of anilines is 1. The largest absolute Gasteiger partial charge is 0.513 e. The molecule has 20 heavy (non-hydrogen) atoms. The Morgan fingerprint density at radius 1 is 1.20 bits per heavy atom. The van der Waals surface area contributed by atoms with E-state index in [0.29, 0.717) is 23.9 Å². The molecule has 1 aromatic rings. The molecule has 0 aromatic heterocycles. The van der Waals surface area contributed by atoms with E-state index in [2.05, 4.69) is 15.4 Å². The van der Waals surface area contributed by atoms with Gasteiger partial charge in [0, 0.05) is 12.2 Å². The van der Waals surface area contributed by atoms with Crippen LogP contribution in [-0.2, 0) is 4.74 Å². The Kier molecular flexibility index (Phi) is 6.36. The standard InChI is InChI=1S/C14H20N2O4/c1-4-19-14(18)20-12-7-5-11(6-8-12)16-13(17)15-9-10(2)3/h5-8,10H,4,9H2,1-3H3,(H2,15,16,17). The van der Waals surface area contributed by atoms with Gasteiger partial charge in [-0.05, 0) is 37.1 Å². The molecule has 0 saturated heterocycles. The van der Waals surface area contributed by atoms with Crippen LogP contribution in [0.1, 0.15) is 20.8 Å². The SMILES string of the molecule is CCOC(=O)Oc1ccc(NC(=O)NCC(C)C)cc1. The average Bonchev–Trinajstić information content (AvgIpc) is 2.39. The first-order chi connectivity index (χ1) is 9.51. The van der Waals surface area contributed by atoms with Crippen molar-refractivity contribution < 1.29 is 19.1 Å². The quantitative estimate of drug-likeness (QED) is 0.642. The second-order valence-electron chi connectivity index (χ2n) is 4.54. The van der Waals surface area contributed by atoms with E-state index in [0.717, 1.165) is 0 Å². The maximum Gasteiger partial charge on any atom is 0.513 e. The molecule has 2 N–H and O–H groups in total. The zero-order chi connectivity index (χ0) is 15.0. The van der Waals surface area contributed by atoms with Crippen LogP contribution in [0.25, 0.3) is 0 Å². The predicted octanol–water partition coefficient (Wildman–Crippen LogP) is 3.00. The topological polar surface area (TPSA) is 76.7 Å². The number of benzene rings is 1. The first kappa shape index (κ1) is 15.8. The van der Waals surface area contributed by atoms with Gasteiger partial charge in [0.2, 0.25) is 0 Å². The van der Waals surface area contributed by atoms with E-state index in [-0.39, 0.29) is 12.6 Å². The summed E-state index contributed by atoms with van der Waals surface area (Å²) in [5.41, 5.74) is 0.613. The van der Waals surface area contributed by atoms with Crippen molar-refractivity contribution in [2.75, 3.05) is 18.5 Å². The van der Waals surface area contributed by atoms with Gasteiger partial charge < -0.3 is 20.1 Å². The summed E-state index contributed by atoms with van der Waals surface area (Å²) in [5, 5.41) is 5.42. The number of urea groups is 1. The lowest BCUT2D eigenvalue weighted by Gasteiger charge is -2.10. The first-order valence-electron chi connectivity index (χ1n) is 6.50. The summed E-state index contributed by atoms with van der Waals surface area (Å²) in [6.07, 6.45) is -0.747. The molecular formula is C14H20N2O4. The minimum atomic E-state index is -0.747. The van der Waals surface area contributed by atoms with Gasteiger partial charge in [0.1, 0.15) is 5.75 Å². The molecule has 6 nitrogen and oxygen atoms in total. The number of nitrogens with one attached hydrogen (secondary N) is 2. The predicted molar refractivity (Wildman–Crippen MR) is 76.0 cm³/mol. The normalized spacial score (nSPS) is 10.0. The van der Waals surface area contributed by atoms with Crippen LogP contribution >= 0.6 is 0 Å². The summed E-state index contributed by atoms with van der Waals surface area (Å²) >= 11 is 0.